The topological polar surface area (TPSA) is 143 Å². The first-order valence-corrected chi connectivity index (χ1v) is 15.5. The fourth-order valence-corrected chi connectivity index (χ4v) is 6.09. The van der Waals surface area contributed by atoms with Crippen LogP contribution in [0.2, 0.25) is 0 Å². The predicted molar refractivity (Wildman–Crippen MR) is 187 cm³/mol. The number of benzene rings is 4. The molecule has 0 saturated heterocycles. The molecule has 6 aromatic rings. The number of aromatic carboxylic acids is 1. The lowest BCUT2D eigenvalue weighted by molar-refractivity contribution is -0.143. The molecule has 10 heteroatoms. The van der Waals surface area contributed by atoms with E-state index in [1.54, 1.807) is 18.3 Å². The smallest absolute Gasteiger partial charge is 0.339 e. The van der Waals surface area contributed by atoms with Crippen molar-refractivity contribution in [2.45, 2.75) is 18.0 Å². The number of hydrogen-bond donors (Lipinski definition) is 4. The zero-order chi connectivity index (χ0) is 34.2. The lowest BCUT2D eigenvalue weighted by Crippen LogP contribution is -2.53. The average Bonchev–Trinajstić information content (AvgIpc) is 3.15. The van der Waals surface area contributed by atoms with Crippen molar-refractivity contribution in [3.63, 3.8) is 0 Å². The van der Waals surface area contributed by atoms with Gasteiger partial charge in [0.15, 0.2) is 0 Å². The number of urea groups is 1. The number of anilines is 2. The number of methoxy groups -OCH3 is 1. The van der Waals surface area contributed by atoms with E-state index in [9.17, 15) is 19.5 Å². The van der Waals surface area contributed by atoms with Gasteiger partial charge in [0.2, 0.25) is 0 Å². The van der Waals surface area contributed by atoms with E-state index >= 15 is 0 Å². The SMILES string of the molecule is COC(=O)C(Cc1ccc(NC(=O)Nc2ccncc2C(=O)O)c2ncccc12)NC(c1ccccc1)(c1ccccc1)c1ccccc1. The molecule has 1 atom stereocenters. The lowest BCUT2D eigenvalue weighted by atomic mass is 9.76. The Balaban J connectivity index is 1.38. The molecule has 1 unspecified atom stereocenters. The Morgan fingerprint density at radius 3 is 1.90 bits per heavy atom. The van der Waals surface area contributed by atoms with Gasteiger partial charge >= 0.3 is 18.0 Å². The van der Waals surface area contributed by atoms with Gasteiger partial charge in [0.1, 0.15) is 11.6 Å². The quantitative estimate of drug-likeness (QED) is 0.0903. The summed E-state index contributed by atoms with van der Waals surface area (Å²) in [5.41, 5.74) is 3.54. The van der Waals surface area contributed by atoms with Crippen molar-refractivity contribution in [1.82, 2.24) is 15.3 Å². The minimum atomic E-state index is -1.22. The summed E-state index contributed by atoms with van der Waals surface area (Å²) in [6.45, 7) is 0. The van der Waals surface area contributed by atoms with Crippen LogP contribution in [0.5, 0.6) is 0 Å². The van der Waals surface area contributed by atoms with Gasteiger partial charge in [-0.3, -0.25) is 20.1 Å². The van der Waals surface area contributed by atoms with Crippen molar-refractivity contribution in [1.29, 1.82) is 0 Å². The van der Waals surface area contributed by atoms with Crippen LogP contribution in [0.1, 0.15) is 32.6 Å². The van der Waals surface area contributed by atoms with E-state index in [0.717, 1.165) is 33.8 Å². The number of carbonyl (C=O) groups is 3. The van der Waals surface area contributed by atoms with Gasteiger partial charge in [0.25, 0.3) is 0 Å². The maximum absolute atomic E-state index is 13.7. The van der Waals surface area contributed by atoms with Crippen LogP contribution < -0.4 is 16.0 Å². The molecule has 0 spiro atoms. The van der Waals surface area contributed by atoms with Crippen molar-refractivity contribution >= 4 is 40.2 Å². The molecule has 2 aromatic heterocycles. The molecule has 0 bridgehead atoms. The standard InChI is InChI=1S/C39H33N5O5/c1-49-37(47)34(44-39(27-12-5-2-6-13-27,28-14-7-3-8-15-28)29-16-9-4-10-17-29)24-26-19-20-33(35-30(26)18-11-22-41-35)43-38(48)42-32-21-23-40-25-31(32)36(45)46/h2-23,25,34,44H,24H2,1H3,(H,45,46)(H2,40,42,43,48). The highest BCUT2D eigenvalue weighted by Gasteiger charge is 2.40. The highest BCUT2D eigenvalue weighted by Crippen LogP contribution is 2.38. The Hall–Kier alpha value is -6.39. The second kappa shape index (κ2) is 14.6. The number of pyridine rings is 2. The Morgan fingerprint density at radius 1 is 0.735 bits per heavy atom. The van der Waals surface area contributed by atoms with Gasteiger partial charge in [0, 0.05) is 24.0 Å². The summed E-state index contributed by atoms with van der Waals surface area (Å²) in [4.78, 5) is 46.7. The highest BCUT2D eigenvalue weighted by atomic mass is 16.5. The molecule has 49 heavy (non-hydrogen) atoms. The van der Waals surface area contributed by atoms with E-state index in [2.05, 4.69) is 25.9 Å². The number of carboxylic acids is 1. The van der Waals surface area contributed by atoms with E-state index in [1.807, 2.05) is 103 Å². The van der Waals surface area contributed by atoms with Crippen molar-refractivity contribution in [3.8, 4) is 0 Å². The molecular formula is C39H33N5O5. The summed E-state index contributed by atoms with van der Waals surface area (Å²) in [5, 5.41) is 19.3. The number of nitrogens with zero attached hydrogens (tertiary/aromatic N) is 2. The summed E-state index contributed by atoms with van der Waals surface area (Å²) in [6.07, 6.45) is 4.40. The lowest BCUT2D eigenvalue weighted by Gasteiger charge is -2.39. The average molecular weight is 652 g/mol. The third-order valence-electron chi connectivity index (χ3n) is 8.33. The number of carbonyl (C=O) groups excluding carboxylic acids is 2. The van der Waals surface area contributed by atoms with Crippen LogP contribution in [0.25, 0.3) is 10.9 Å². The van der Waals surface area contributed by atoms with Crippen molar-refractivity contribution in [2.75, 3.05) is 17.7 Å². The van der Waals surface area contributed by atoms with Crippen LogP contribution in [0.15, 0.2) is 140 Å². The Kier molecular flexibility index (Phi) is 9.68. The number of carboxylic acid groups (broad SMARTS) is 1. The first kappa shape index (κ1) is 32.5. The number of nitrogens with one attached hydrogen (secondary N) is 3. The molecule has 4 aromatic carbocycles. The maximum Gasteiger partial charge on any atom is 0.339 e. The monoisotopic (exact) mass is 651 g/mol. The number of fused-ring (bicyclic) bond motifs is 1. The van der Waals surface area contributed by atoms with Gasteiger partial charge in [-0.25, -0.2) is 9.59 Å². The van der Waals surface area contributed by atoms with Crippen LogP contribution in [-0.2, 0) is 21.5 Å². The minimum Gasteiger partial charge on any atom is -0.478 e. The molecule has 0 aliphatic rings. The van der Waals surface area contributed by atoms with Crippen LogP contribution in [0.4, 0.5) is 16.2 Å². The second-order valence-electron chi connectivity index (χ2n) is 11.2. The zero-order valence-corrected chi connectivity index (χ0v) is 26.5. The normalized spacial score (nSPS) is 11.8. The molecule has 4 N–H and O–H groups in total. The Morgan fingerprint density at radius 2 is 1.33 bits per heavy atom. The summed E-state index contributed by atoms with van der Waals surface area (Å²) in [7, 11) is 1.37. The third-order valence-corrected chi connectivity index (χ3v) is 8.33. The number of ether oxygens (including phenoxy) is 1. The third kappa shape index (κ3) is 6.85. The number of aromatic nitrogens is 2. The molecule has 0 aliphatic carbocycles. The number of hydrogen-bond acceptors (Lipinski definition) is 7. The Bertz CT molecular complexity index is 2000. The largest absolute Gasteiger partial charge is 0.478 e. The summed E-state index contributed by atoms with van der Waals surface area (Å²) < 4.78 is 5.38. The number of amides is 2. The van der Waals surface area contributed by atoms with Crippen molar-refractivity contribution < 1.29 is 24.2 Å². The molecule has 6 rings (SSSR count). The first-order chi connectivity index (χ1) is 23.9. The van der Waals surface area contributed by atoms with Crippen LogP contribution in [0, 0.1) is 0 Å². The fraction of sp³-hybridized carbons (Fsp3) is 0.103. The molecule has 244 valence electrons. The Labute approximate surface area is 282 Å². The van der Waals surface area contributed by atoms with Gasteiger partial charge in [0.05, 0.1) is 29.5 Å². The van der Waals surface area contributed by atoms with E-state index in [1.165, 1.54) is 19.4 Å². The fourth-order valence-electron chi connectivity index (χ4n) is 6.09. The van der Waals surface area contributed by atoms with E-state index in [0.29, 0.717) is 11.2 Å². The van der Waals surface area contributed by atoms with Crippen LogP contribution >= 0.6 is 0 Å². The van der Waals surface area contributed by atoms with Gasteiger partial charge < -0.3 is 20.5 Å². The van der Waals surface area contributed by atoms with E-state index in [4.69, 9.17) is 4.74 Å². The van der Waals surface area contributed by atoms with Gasteiger partial charge in [-0.2, -0.15) is 0 Å². The minimum absolute atomic E-state index is 0.0969. The van der Waals surface area contributed by atoms with Crippen LogP contribution in [0.3, 0.4) is 0 Å². The van der Waals surface area contributed by atoms with Crippen molar-refractivity contribution in [3.05, 3.63) is 168 Å². The summed E-state index contributed by atoms with van der Waals surface area (Å²) in [5.74, 6) is -1.66. The van der Waals surface area contributed by atoms with Crippen molar-refractivity contribution in [2.24, 2.45) is 0 Å². The summed E-state index contributed by atoms with van der Waals surface area (Å²) >= 11 is 0. The highest BCUT2D eigenvalue weighted by molar-refractivity contribution is 6.08. The molecule has 2 heterocycles. The van der Waals surface area contributed by atoms with Gasteiger partial charge in [-0.15, -0.1) is 0 Å². The second-order valence-corrected chi connectivity index (χ2v) is 11.2. The molecule has 10 nitrogen and oxygen atoms in total. The maximum atomic E-state index is 13.7. The predicted octanol–water partition coefficient (Wildman–Crippen LogP) is 6.64. The van der Waals surface area contributed by atoms with Gasteiger partial charge in [-0.05, 0) is 46.9 Å². The number of rotatable bonds is 11. The molecule has 0 aliphatic heterocycles. The van der Waals surface area contributed by atoms with Gasteiger partial charge in [-0.1, -0.05) is 103 Å². The number of esters is 1. The van der Waals surface area contributed by atoms with E-state index in [-0.39, 0.29) is 17.7 Å². The molecular weight excluding hydrogens is 618 g/mol. The summed E-state index contributed by atoms with van der Waals surface area (Å²) in [6, 6.07) is 37.1. The molecule has 0 radical (unpaired) electrons. The van der Waals surface area contributed by atoms with Crippen LogP contribution in [-0.4, -0.2) is 46.2 Å². The molecule has 0 fully saturated rings. The molecule has 2 amide bonds. The molecule has 0 saturated carbocycles. The van der Waals surface area contributed by atoms with E-state index < -0.39 is 29.6 Å². The zero-order valence-electron chi connectivity index (χ0n) is 26.5. The first-order valence-electron chi connectivity index (χ1n) is 15.5.